The molecule has 0 aliphatic carbocycles. The summed E-state index contributed by atoms with van der Waals surface area (Å²) in [5.74, 6) is 0.186. The molecule has 100 valence electrons. The Labute approximate surface area is 105 Å². The van der Waals surface area contributed by atoms with E-state index in [4.69, 9.17) is 4.74 Å². The zero-order valence-corrected chi connectivity index (χ0v) is 11.7. The quantitative estimate of drug-likeness (QED) is 0.420. The minimum Gasteiger partial charge on any atom is -0.381 e. The van der Waals surface area contributed by atoms with Crippen molar-refractivity contribution >= 4 is 14.7 Å². The Kier molecular flexibility index (Phi) is 11.7. The fourth-order valence-electron chi connectivity index (χ4n) is 1.55. The van der Waals surface area contributed by atoms with Crippen LogP contribution in [0.4, 0.5) is 0 Å². The Morgan fingerprint density at radius 2 is 2.06 bits per heavy atom. The molecule has 0 saturated carbocycles. The number of hydrogen-bond acceptors (Lipinski definition) is 4. The average Bonchev–Trinajstić information content (AvgIpc) is 2.33. The van der Waals surface area contributed by atoms with Crippen LogP contribution in [0.15, 0.2) is 0 Å². The highest BCUT2D eigenvalue weighted by Gasteiger charge is 2.06. The summed E-state index contributed by atoms with van der Waals surface area (Å²) < 4.78 is 19.7. The van der Waals surface area contributed by atoms with E-state index < -0.39 is 14.7 Å². The Balaban J connectivity index is 3.41. The number of unbranched alkanes of at least 4 members (excludes halogenated alkanes) is 1. The van der Waals surface area contributed by atoms with Crippen LogP contribution in [0.1, 0.15) is 52.4 Å². The first-order valence-electron chi connectivity index (χ1n) is 6.34. The molecule has 0 aliphatic heterocycles. The second-order valence-electron chi connectivity index (χ2n) is 4.13. The van der Waals surface area contributed by atoms with E-state index in [0.717, 1.165) is 13.0 Å². The van der Waals surface area contributed by atoms with Gasteiger partial charge in [0.2, 0.25) is 0 Å². The number of carbonyl (C=O) groups excluding carboxylic acids is 1. The number of carbonyl (C=O) groups is 1. The molecule has 0 amide bonds. The molecule has 0 bridgehead atoms. The van der Waals surface area contributed by atoms with Gasteiger partial charge in [-0.2, -0.15) is 0 Å². The molecule has 0 rings (SSSR count). The molecule has 1 unspecified atom stereocenters. The number of hydrogen-bond donors (Lipinski definition) is 0. The molecular formula is C12H23O4P. The van der Waals surface area contributed by atoms with E-state index in [0.29, 0.717) is 18.9 Å². The van der Waals surface area contributed by atoms with Crippen molar-refractivity contribution < 1.29 is 18.6 Å². The van der Waals surface area contributed by atoms with Gasteiger partial charge in [-0.05, 0) is 18.8 Å². The lowest BCUT2D eigenvalue weighted by Gasteiger charge is -2.14. The molecule has 0 spiro atoms. The van der Waals surface area contributed by atoms with Gasteiger partial charge < -0.3 is 9.26 Å². The van der Waals surface area contributed by atoms with Crippen LogP contribution in [-0.2, 0) is 18.6 Å². The van der Waals surface area contributed by atoms with Crippen molar-refractivity contribution in [2.75, 3.05) is 13.2 Å². The molecule has 0 aromatic rings. The van der Waals surface area contributed by atoms with Gasteiger partial charge in [0.15, 0.2) is 0 Å². The fraction of sp³-hybridized carbons (Fsp3) is 0.917. The smallest absolute Gasteiger partial charge is 0.381 e. The largest absolute Gasteiger partial charge is 0.398 e. The van der Waals surface area contributed by atoms with Gasteiger partial charge in [0.05, 0.1) is 0 Å². The maximum Gasteiger partial charge on any atom is 0.398 e. The Morgan fingerprint density at radius 3 is 2.65 bits per heavy atom. The predicted molar refractivity (Wildman–Crippen MR) is 67.1 cm³/mol. The monoisotopic (exact) mass is 262 g/mol. The second-order valence-corrected chi connectivity index (χ2v) is 4.46. The van der Waals surface area contributed by atoms with Gasteiger partial charge in [0.1, 0.15) is 0 Å². The first-order chi connectivity index (χ1) is 8.24. The van der Waals surface area contributed by atoms with E-state index in [-0.39, 0.29) is 6.42 Å². The van der Waals surface area contributed by atoms with Gasteiger partial charge in [0, 0.05) is 19.6 Å². The van der Waals surface area contributed by atoms with Crippen LogP contribution in [0.2, 0.25) is 0 Å². The van der Waals surface area contributed by atoms with Crippen molar-refractivity contribution in [2.24, 2.45) is 5.92 Å². The Bertz CT molecular complexity index is 209. The highest BCUT2D eigenvalue weighted by atomic mass is 31.1. The van der Waals surface area contributed by atoms with Crippen molar-refractivity contribution in [3.05, 3.63) is 0 Å². The summed E-state index contributed by atoms with van der Waals surface area (Å²) in [4.78, 5) is 10.9. The first-order valence-corrected chi connectivity index (χ1v) is 7.07. The molecule has 0 saturated heterocycles. The maximum atomic E-state index is 10.9. The third-order valence-corrected chi connectivity index (χ3v) is 2.98. The zero-order valence-electron chi connectivity index (χ0n) is 10.8. The molecule has 1 atom stereocenters. The summed E-state index contributed by atoms with van der Waals surface area (Å²) >= 11 is 0. The van der Waals surface area contributed by atoms with Gasteiger partial charge >= 0.3 is 14.7 Å². The molecule has 0 aromatic heterocycles. The van der Waals surface area contributed by atoms with Crippen LogP contribution in [0.25, 0.3) is 0 Å². The van der Waals surface area contributed by atoms with Gasteiger partial charge in [-0.3, -0.25) is 4.79 Å². The molecule has 4 nitrogen and oxygen atoms in total. The molecular weight excluding hydrogens is 239 g/mol. The van der Waals surface area contributed by atoms with Crippen LogP contribution in [0, 0.1) is 5.92 Å². The summed E-state index contributed by atoms with van der Waals surface area (Å²) in [6.45, 7) is 5.70. The number of rotatable bonds is 11. The van der Waals surface area contributed by atoms with Crippen molar-refractivity contribution in [3.63, 3.8) is 0 Å². The van der Waals surface area contributed by atoms with Gasteiger partial charge in [-0.25, -0.2) is 4.57 Å². The van der Waals surface area contributed by atoms with Crippen LogP contribution in [-0.4, -0.2) is 19.2 Å². The van der Waals surface area contributed by atoms with E-state index in [2.05, 4.69) is 18.4 Å². The highest BCUT2D eigenvalue weighted by molar-refractivity contribution is 7.18. The SMILES string of the molecule is CCCCC(CC)COCCCC(=O)OP=O. The van der Waals surface area contributed by atoms with Crippen molar-refractivity contribution in [2.45, 2.75) is 52.4 Å². The third kappa shape index (κ3) is 10.4. The molecule has 5 heteroatoms. The van der Waals surface area contributed by atoms with Crippen molar-refractivity contribution in [1.82, 2.24) is 0 Å². The van der Waals surface area contributed by atoms with Crippen molar-refractivity contribution in [3.8, 4) is 0 Å². The first kappa shape index (κ1) is 16.5. The lowest BCUT2D eigenvalue weighted by molar-refractivity contribution is -0.133. The molecule has 0 aliphatic rings. The highest BCUT2D eigenvalue weighted by Crippen LogP contribution is 2.13. The van der Waals surface area contributed by atoms with Crippen LogP contribution < -0.4 is 0 Å². The Hall–Kier alpha value is -0.470. The number of ether oxygens (including phenoxy) is 1. The summed E-state index contributed by atoms with van der Waals surface area (Å²) in [7, 11) is -0.572. The van der Waals surface area contributed by atoms with E-state index in [1.165, 1.54) is 19.3 Å². The summed E-state index contributed by atoms with van der Waals surface area (Å²) in [6.07, 6.45) is 5.70. The molecule has 0 heterocycles. The lowest BCUT2D eigenvalue weighted by atomic mass is 10.0. The maximum absolute atomic E-state index is 10.9. The standard InChI is InChI=1S/C12H23O4P/c1-3-5-7-11(4-2)10-15-9-6-8-12(13)16-17-14/h11H,3-10H2,1-2H3. The lowest BCUT2D eigenvalue weighted by Crippen LogP contribution is -2.10. The molecule has 0 aromatic carbocycles. The molecule has 0 radical (unpaired) electrons. The zero-order chi connectivity index (χ0) is 12.9. The topological polar surface area (TPSA) is 52.6 Å². The van der Waals surface area contributed by atoms with E-state index >= 15 is 0 Å². The summed E-state index contributed by atoms with van der Waals surface area (Å²) in [5, 5.41) is 0. The van der Waals surface area contributed by atoms with E-state index in [9.17, 15) is 9.36 Å². The van der Waals surface area contributed by atoms with Crippen LogP contribution in [0.3, 0.4) is 0 Å². The van der Waals surface area contributed by atoms with Crippen LogP contribution >= 0.6 is 8.69 Å². The minimum absolute atomic E-state index is 0.265. The second kappa shape index (κ2) is 12.0. The third-order valence-electron chi connectivity index (χ3n) is 2.71. The van der Waals surface area contributed by atoms with Gasteiger partial charge in [0.25, 0.3) is 0 Å². The molecule has 0 N–H and O–H groups in total. The molecule has 17 heavy (non-hydrogen) atoms. The molecule has 0 fully saturated rings. The van der Waals surface area contributed by atoms with Crippen LogP contribution in [0.5, 0.6) is 0 Å². The summed E-state index contributed by atoms with van der Waals surface area (Å²) in [5.41, 5.74) is 0. The van der Waals surface area contributed by atoms with Gasteiger partial charge in [-0.1, -0.05) is 33.1 Å². The average molecular weight is 262 g/mol. The van der Waals surface area contributed by atoms with Gasteiger partial charge in [-0.15, -0.1) is 0 Å². The van der Waals surface area contributed by atoms with E-state index in [1.807, 2.05) is 0 Å². The fourth-order valence-corrected chi connectivity index (χ4v) is 1.73. The van der Waals surface area contributed by atoms with Crippen molar-refractivity contribution in [1.29, 1.82) is 0 Å². The minimum atomic E-state index is -0.572. The predicted octanol–water partition coefficient (Wildman–Crippen LogP) is 3.75. The normalized spacial score (nSPS) is 12.6. The Morgan fingerprint density at radius 1 is 1.29 bits per heavy atom. The van der Waals surface area contributed by atoms with E-state index in [1.54, 1.807) is 0 Å². The summed E-state index contributed by atoms with van der Waals surface area (Å²) in [6, 6.07) is 0.